The number of anilines is 1. The molecule has 0 fully saturated rings. The fraction of sp³-hybridized carbons (Fsp3) is 0.316. The van der Waals surface area contributed by atoms with Crippen molar-refractivity contribution in [3.05, 3.63) is 59.2 Å². The summed E-state index contributed by atoms with van der Waals surface area (Å²) in [4.78, 5) is 12.0. The van der Waals surface area contributed by atoms with Crippen LogP contribution in [0.3, 0.4) is 0 Å². The number of hydrogen-bond donors (Lipinski definition) is 2. The zero-order chi connectivity index (χ0) is 17.4. The van der Waals surface area contributed by atoms with Gasteiger partial charge in [0.1, 0.15) is 5.75 Å². The zero-order valence-electron chi connectivity index (χ0n) is 14.4. The van der Waals surface area contributed by atoms with E-state index in [-0.39, 0.29) is 12.5 Å². The van der Waals surface area contributed by atoms with Crippen molar-refractivity contribution < 1.29 is 14.3 Å². The summed E-state index contributed by atoms with van der Waals surface area (Å²) in [6, 6.07) is 13.8. The topological polar surface area (TPSA) is 59.6 Å². The van der Waals surface area contributed by atoms with Gasteiger partial charge in [0, 0.05) is 13.7 Å². The van der Waals surface area contributed by atoms with Gasteiger partial charge in [-0.3, -0.25) is 4.79 Å². The highest BCUT2D eigenvalue weighted by atomic mass is 16.5. The molecule has 0 atom stereocenters. The van der Waals surface area contributed by atoms with Gasteiger partial charge in [0.2, 0.25) is 5.91 Å². The van der Waals surface area contributed by atoms with Crippen molar-refractivity contribution in [1.29, 1.82) is 0 Å². The van der Waals surface area contributed by atoms with Crippen molar-refractivity contribution in [1.82, 2.24) is 5.32 Å². The molecule has 24 heavy (non-hydrogen) atoms. The van der Waals surface area contributed by atoms with E-state index >= 15 is 0 Å². The highest BCUT2D eigenvalue weighted by Gasteiger charge is 2.06. The molecule has 5 nitrogen and oxygen atoms in total. The molecular formula is C19H24N2O3. The molecule has 0 unspecified atom stereocenters. The molecule has 0 heterocycles. The molecule has 128 valence electrons. The first-order valence-corrected chi connectivity index (χ1v) is 7.84. The first kappa shape index (κ1) is 17.8. The van der Waals surface area contributed by atoms with Gasteiger partial charge in [-0.15, -0.1) is 0 Å². The number of rotatable bonds is 8. The van der Waals surface area contributed by atoms with E-state index in [1.54, 1.807) is 14.2 Å². The second-order valence-electron chi connectivity index (χ2n) is 5.59. The van der Waals surface area contributed by atoms with Gasteiger partial charge in [-0.25, -0.2) is 0 Å². The lowest BCUT2D eigenvalue weighted by Crippen LogP contribution is -2.29. The summed E-state index contributed by atoms with van der Waals surface area (Å²) in [7, 11) is 3.28. The van der Waals surface area contributed by atoms with Gasteiger partial charge in [0.15, 0.2) is 0 Å². The summed E-state index contributed by atoms with van der Waals surface area (Å²) >= 11 is 0. The molecule has 1 amide bonds. The molecule has 0 saturated carbocycles. The van der Waals surface area contributed by atoms with Crippen LogP contribution in [0, 0.1) is 6.92 Å². The Kier molecular flexibility index (Phi) is 6.63. The van der Waals surface area contributed by atoms with Gasteiger partial charge < -0.3 is 20.1 Å². The Labute approximate surface area is 143 Å². The molecule has 0 saturated heterocycles. The Morgan fingerprint density at radius 2 is 1.88 bits per heavy atom. The van der Waals surface area contributed by atoms with Gasteiger partial charge >= 0.3 is 0 Å². The largest absolute Gasteiger partial charge is 0.495 e. The predicted molar refractivity (Wildman–Crippen MR) is 95.2 cm³/mol. The fourth-order valence-corrected chi connectivity index (χ4v) is 2.39. The number of carbonyl (C=O) groups excluding carboxylic acids is 1. The van der Waals surface area contributed by atoms with E-state index in [1.165, 1.54) is 0 Å². The maximum Gasteiger partial charge on any atom is 0.239 e. The maximum absolute atomic E-state index is 12.0. The average molecular weight is 328 g/mol. The molecule has 2 aromatic carbocycles. The summed E-state index contributed by atoms with van der Waals surface area (Å²) in [6.07, 6.45) is 0. The minimum atomic E-state index is -0.0734. The molecule has 2 N–H and O–H groups in total. The summed E-state index contributed by atoms with van der Waals surface area (Å²) in [5.74, 6) is 0.649. The quantitative estimate of drug-likeness (QED) is 0.782. The van der Waals surface area contributed by atoms with Crippen molar-refractivity contribution in [2.75, 3.05) is 26.1 Å². The Morgan fingerprint density at radius 3 is 2.62 bits per heavy atom. The van der Waals surface area contributed by atoms with Gasteiger partial charge in [0.05, 0.1) is 25.9 Å². The van der Waals surface area contributed by atoms with Crippen molar-refractivity contribution >= 4 is 11.6 Å². The second-order valence-corrected chi connectivity index (χ2v) is 5.59. The highest BCUT2D eigenvalue weighted by molar-refractivity contribution is 5.81. The van der Waals surface area contributed by atoms with Crippen LogP contribution in [-0.2, 0) is 22.7 Å². The molecule has 5 heteroatoms. The van der Waals surface area contributed by atoms with E-state index in [1.807, 2.05) is 49.4 Å². The first-order chi connectivity index (χ1) is 11.6. The predicted octanol–water partition coefficient (Wildman–Crippen LogP) is 2.88. The van der Waals surface area contributed by atoms with E-state index in [2.05, 4.69) is 10.6 Å². The molecular weight excluding hydrogens is 304 g/mol. The monoisotopic (exact) mass is 328 g/mol. The van der Waals surface area contributed by atoms with Crippen molar-refractivity contribution in [2.45, 2.75) is 20.1 Å². The average Bonchev–Trinajstić information content (AvgIpc) is 2.59. The number of amides is 1. The molecule has 0 aliphatic heterocycles. The van der Waals surface area contributed by atoms with Gasteiger partial charge in [0.25, 0.3) is 0 Å². The van der Waals surface area contributed by atoms with Crippen molar-refractivity contribution in [3.8, 4) is 5.75 Å². The number of ether oxygens (including phenoxy) is 2. The molecule has 0 radical (unpaired) electrons. The van der Waals surface area contributed by atoms with Gasteiger partial charge in [-0.1, -0.05) is 30.3 Å². The van der Waals surface area contributed by atoms with Crippen molar-refractivity contribution in [2.24, 2.45) is 0 Å². The van der Waals surface area contributed by atoms with E-state index in [0.717, 1.165) is 28.1 Å². The lowest BCUT2D eigenvalue weighted by Gasteiger charge is -2.12. The lowest BCUT2D eigenvalue weighted by atomic mass is 10.1. The fourth-order valence-electron chi connectivity index (χ4n) is 2.39. The molecule has 0 spiro atoms. The summed E-state index contributed by atoms with van der Waals surface area (Å²) < 4.78 is 10.4. The minimum Gasteiger partial charge on any atom is -0.495 e. The second kappa shape index (κ2) is 8.93. The normalized spacial score (nSPS) is 10.3. The Bertz CT molecular complexity index is 686. The van der Waals surface area contributed by atoms with Crippen LogP contribution in [0.2, 0.25) is 0 Å². The van der Waals surface area contributed by atoms with E-state index < -0.39 is 0 Å². The molecule has 0 aliphatic rings. The Morgan fingerprint density at radius 1 is 1.08 bits per heavy atom. The standard InChI is InChI=1S/C19H24N2O3/c1-14-7-8-18(24-3)17(9-14)20-12-19(22)21-11-15-5-4-6-16(10-15)13-23-2/h4-10,20H,11-13H2,1-3H3,(H,21,22). The summed E-state index contributed by atoms with van der Waals surface area (Å²) in [5.41, 5.74) is 4.06. The third kappa shape index (κ3) is 5.28. The number of carbonyl (C=O) groups is 1. The molecule has 0 bridgehead atoms. The van der Waals surface area contributed by atoms with Gasteiger partial charge in [-0.05, 0) is 35.7 Å². The molecule has 2 rings (SSSR count). The third-order valence-electron chi connectivity index (χ3n) is 3.59. The number of methoxy groups -OCH3 is 2. The van der Waals surface area contributed by atoms with E-state index in [9.17, 15) is 4.79 Å². The first-order valence-electron chi connectivity index (χ1n) is 7.84. The van der Waals surface area contributed by atoms with E-state index in [4.69, 9.17) is 9.47 Å². The maximum atomic E-state index is 12.0. The van der Waals surface area contributed by atoms with Crippen LogP contribution in [0.15, 0.2) is 42.5 Å². The number of aryl methyl sites for hydroxylation is 1. The lowest BCUT2D eigenvalue weighted by molar-refractivity contribution is -0.119. The van der Waals surface area contributed by atoms with Crippen molar-refractivity contribution in [3.63, 3.8) is 0 Å². The molecule has 0 aliphatic carbocycles. The van der Waals surface area contributed by atoms with Crippen LogP contribution >= 0.6 is 0 Å². The summed E-state index contributed by atoms with van der Waals surface area (Å²) in [5, 5.41) is 6.02. The Hall–Kier alpha value is -2.53. The van der Waals surface area contributed by atoms with Crippen LogP contribution in [0.1, 0.15) is 16.7 Å². The molecule has 2 aromatic rings. The number of nitrogens with one attached hydrogen (secondary N) is 2. The smallest absolute Gasteiger partial charge is 0.239 e. The van der Waals surface area contributed by atoms with Gasteiger partial charge in [-0.2, -0.15) is 0 Å². The van der Waals surface area contributed by atoms with Crippen LogP contribution in [0.5, 0.6) is 5.75 Å². The van der Waals surface area contributed by atoms with Crippen LogP contribution in [-0.4, -0.2) is 26.7 Å². The highest BCUT2D eigenvalue weighted by Crippen LogP contribution is 2.24. The Balaban J connectivity index is 1.86. The van der Waals surface area contributed by atoms with Crippen LogP contribution in [0.25, 0.3) is 0 Å². The minimum absolute atomic E-state index is 0.0734. The number of benzene rings is 2. The third-order valence-corrected chi connectivity index (χ3v) is 3.59. The van der Waals surface area contributed by atoms with Crippen LogP contribution in [0.4, 0.5) is 5.69 Å². The number of hydrogen-bond acceptors (Lipinski definition) is 4. The summed E-state index contributed by atoms with van der Waals surface area (Å²) in [6.45, 7) is 3.24. The van der Waals surface area contributed by atoms with E-state index in [0.29, 0.717) is 13.2 Å². The zero-order valence-corrected chi connectivity index (χ0v) is 14.4. The van der Waals surface area contributed by atoms with Crippen LogP contribution < -0.4 is 15.4 Å². The SMILES string of the molecule is COCc1cccc(CNC(=O)CNc2cc(C)ccc2OC)c1. The molecule has 0 aromatic heterocycles.